The second-order valence-corrected chi connectivity index (χ2v) is 25.5. The maximum Gasteiger partial charge on any atom is 0.305 e. The number of hydrogen-bond donors (Lipinski definition) is 14. The van der Waals surface area contributed by atoms with Gasteiger partial charge in [-0.15, -0.1) is 11.8 Å². The molecule has 3 heterocycles. The number of thioether (sulfide) groups is 1. The summed E-state index contributed by atoms with van der Waals surface area (Å²) in [5.74, 6) is -11.5. The molecule has 2 aliphatic heterocycles. The van der Waals surface area contributed by atoms with E-state index in [0.717, 1.165) is 11.5 Å². The van der Waals surface area contributed by atoms with Crippen LogP contribution >= 0.6 is 11.8 Å². The number of nitrogens with two attached hydrogens (primary N) is 1. The number of nitrogens with zero attached hydrogens (tertiary/aromatic N) is 2. The molecule has 2 aromatic rings. The number of carbonyl (C=O) groups excluding carboxylic acids is 10. The van der Waals surface area contributed by atoms with Gasteiger partial charge < -0.3 is 74.1 Å². The summed E-state index contributed by atoms with van der Waals surface area (Å²) in [6, 6.07) is -4.94. The van der Waals surface area contributed by atoms with Crippen LogP contribution in [-0.4, -0.2) is 175 Å². The van der Waals surface area contributed by atoms with Crippen LogP contribution in [0.4, 0.5) is 0 Å². The molecule has 1 saturated heterocycles. The highest BCUT2D eigenvalue weighted by Gasteiger charge is 2.39. The Balaban J connectivity index is 1.71. The predicted octanol–water partition coefficient (Wildman–Crippen LogP) is 1.27. The van der Waals surface area contributed by atoms with Crippen LogP contribution in [0.25, 0.3) is 0 Å². The van der Waals surface area contributed by atoms with Crippen molar-refractivity contribution in [2.24, 2.45) is 40.3 Å². The molecule has 11 unspecified atom stereocenters. The quantitative estimate of drug-likeness (QED) is 0.0545. The second-order valence-electron chi connectivity index (χ2n) is 24.5. The second kappa shape index (κ2) is 38.8. The first-order chi connectivity index (χ1) is 43.7. The summed E-state index contributed by atoms with van der Waals surface area (Å²) in [7, 11) is 0. The normalized spacial score (nSPS) is 23.0. The van der Waals surface area contributed by atoms with Crippen molar-refractivity contribution < 1.29 is 67.7 Å². The minimum Gasteiger partial charge on any atom is -0.481 e. The number of amides is 10. The number of aliphatic carboxylic acids is 2. The number of imidazole rings is 1. The maximum atomic E-state index is 14.8. The standard InChI is InChI=1S/C63H98N14O14S/c1-10-35(6)38(9)63-75-48(32-92-63)60(89)71-44(27-34(4)5)57(86)69-43(23-24-49(78)79)56(85)77-51(36(7)11-2)61(90)70-41-21-16-17-26-66-53(82)47(30-50(80)81)73-59(88)46(29-40-31-65-33-67-40)72-58(87)45(28-39-19-14-13-15-20-39)74-62(91)52(37(8)12-3)76-55(84)42(22-18-25-64)68-54(41)83/h13-15,19-20,31,33-38,41-48,51-52H,10-12,16-18,21-30,32,64H2,1-9H3,(H,65,67)(H,66,82)(H,68,83)(H,69,86)(H,70,90)(H,71,89)(H,72,87)(H,73,88)(H,74,91)(H,76,84)(H,77,85)(H,78,79)(H,80,81)/t35?,36?,37?,38?,41?,42?,43-,44?,45-,46?,47-,48?,51?,52?/m0/s1. The Kier molecular flexibility index (Phi) is 32.3. The van der Waals surface area contributed by atoms with Crippen molar-refractivity contribution in [1.82, 2.24) is 63.1 Å². The summed E-state index contributed by atoms with van der Waals surface area (Å²) in [4.78, 5) is 179. The van der Waals surface area contributed by atoms with Gasteiger partial charge in [0, 0.05) is 49.4 Å². The van der Waals surface area contributed by atoms with Crippen LogP contribution in [0.2, 0.25) is 0 Å². The highest BCUT2D eigenvalue weighted by atomic mass is 32.2. The summed E-state index contributed by atoms with van der Waals surface area (Å²) in [5.41, 5.74) is 6.92. The van der Waals surface area contributed by atoms with Gasteiger partial charge in [-0.1, -0.05) is 112 Å². The predicted molar refractivity (Wildman–Crippen MR) is 345 cm³/mol. The maximum absolute atomic E-state index is 14.8. The number of carboxylic acid groups (broad SMARTS) is 2. The van der Waals surface area contributed by atoms with Crippen molar-refractivity contribution >= 4 is 87.8 Å². The Labute approximate surface area is 542 Å². The van der Waals surface area contributed by atoms with Gasteiger partial charge in [0.1, 0.15) is 60.4 Å². The molecule has 29 heteroatoms. The van der Waals surface area contributed by atoms with Crippen LogP contribution in [0.15, 0.2) is 47.8 Å². The number of aromatic nitrogens is 2. The van der Waals surface area contributed by atoms with Gasteiger partial charge >= 0.3 is 11.9 Å². The zero-order chi connectivity index (χ0) is 68.2. The molecule has 0 radical (unpaired) electrons. The van der Waals surface area contributed by atoms with Gasteiger partial charge in [0.05, 0.1) is 17.8 Å². The number of carbonyl (C=O) groups is 12. The van der Waals surface area contributed by atoms with Crippen molar-refractivity contribution in [2.45, 2.75) is 213 Å². The molecule has 0 saturated carbocycles. The SMILES string of the molecule is CCC(C)C(C)C1=NC(C(=O)NC(CC(C)C)C(=O)N[C@@H](CCC(=O)O)C(=O)NC(C(=O)NC2CCCCNC(=O)[C@H](CC(=O)O)NC(=O)C(Cc3cnc[nH]3)NC(=O)[C@H](Cc3ccccc3)NC(=O)C(C(C)CC)NC(=O)C(CCCN)NC2=O)C(C)CC)CS1. The highest BCUT2D eigenvalue weighted by molar-refractivity contribution is 8.14. The third kappa shape index (κ3) is 24.9. The van der Waals surface area contributed by atoms with E-state index in [4.69, 9.17) is 5.73 Å². The van der Waals surface area contributed by atoms with Crippen molar-refractivity contribution in [1.29, 1.82) is 0 Å². The van der Waals surface area contributed by atoms with E-state index in [2.05, 4.69) is 88.9 Å². The molecule has 15 N–H and O–H groups in total. The number of hydrogen-bond acceptors (Lipinski definition) is 16. The lowest BCUT2D eigenvalue weighted by Gasteiger charge is -2.31. The number of benzene rings is 1. The van der Waals surface area contributed by atoms with Gasteiger partial charge in [-0.3, -0.25) is 62.5 Å². The molecule has 0 aliphatic carbocycles. The molecule has 1 fully saturated rings. The number of nitrogens with one attached hydrogen (secondary N) is 11. The third-order valence-corrected chi connectivity index (χ3v) is 18.0. The van der Waals surface area contributed by atoms with Crippen molar-refractivity contribution in [2.75, 3.05) is 18.8 Å². The monoisotopic (exact) mass is 1310 g/mol. The van der Waals surface area contributed by atoms with E-state index < -0.39 is 163 Å². The average Bonchev–Trinajstić information content (AvgIpc) is 1.41. The van der Waals surface area contributed by atoms with E-state index >= 15 is 0 Å². The molecule has 10 amide bonds. The molecular weight excluding hydrogens is 1210 g/mol. The summed E-state index contributed by atoms with van der Waals surface area (Å²) in [5, 5.41) is 47.4. The van der Waals surface area contributed by atoms with Gasteiger partial charge in [0.15, 0.2) is 0 Å². The largest absolute Gasteiger partial charge is 0.481 e. The van der Waals surface area contributed by atoms with Gasteiger partial charge in [0.25, 0.3) is 0 Å². The van der Waals surface area contributed by atoms with Gasteiger partial charge in [-0.05, 0) is 80.7 Å². The fourth-order valence-corrected chi connectivity index (χ4v) is 11.6. The molecule has 28 nitrogen and oxygen atoms in total. The molecule has 4 rings (SSSR count). The van der Waals surface area contributed by atoms with Crippen molar-refractivity contribution in [3.05, 3.63) is 54.1 Å². The van der Waals surface area contributed by atoms with Crippen LogP contribution in [0, 0.1) is 29.6 Å². The van der Waals surface area contributed by atoms with E-state index in [0.29, 0.717) is 29.3 Å². The number of aromatic amines is 1. The van der Waals surface area contributed by atoms with Gasteiger partial charge in [0.2, 0.25) is 59.1 Å². The topological polar surface area (TPSA) is 433 Å². The molecular formula is C63H98N14O14S. The Morgan fingerprint density at radius 2 is 1.32 bits per heavy atom. The molecule has 92 heavy (non-hydrogen) atoms. The summed E-state index contributed by atoms with van der Waals surface area (Å²) in [6.07, 6.45) is 2.42. The summed E-state index contributed by atoms with van der Waals surface area (Å²) < 4.78 is 0. The van der Waals surface area contributed by atoms with Gasteiger partial charge in [-0.2, -0.15) is 0 Å². The molecule has 510 valence electrons. The van der Waals surface area contributed by atoms with E-state index in [9.17, 15) is 67.7 Å². The highest BCUT2D eigenvalue weighted by Crippen LogP contribution is 2.29. The van der Waals surface area contributed by atoms with Crippen molar-refractivity contribution in [3.63, 3.8) is 0 Å². The molecule has 14 atom stereocenters. The Morgan fingerprint density at radius 3 is 1.92 bits per heavy atom. The smallest absolute Gasteiger partial charge is 0.305 e. The zero-order valence-electron chi connectivity index (χ0n) is 54.4. The fourth-order valence-electron chi connectivity index (χ4n) is 10.3. The summed E-state index contributed by atoms with van der Waals surface area (Å²) in [6.45, 7) is 16.7. The first kappa shape index (κ1) is 76.5. The molecule has 0 spiro atoms. The fraction of sp³-hybridized carbons (Fsp3) is 0.651. The number of rotatable bonds is 29. The Bertz CT molecular complexity index is 2840. The van der Waals surface area contributed by atoms with Crippen LogP contribution in [-0.2, 0) is 70.4 Å². The minimum atomic E-state index is -1.66. The van der Waals surface area contributed by atoms with E-state index in [-0.39, 0.29) is 82.7 Å². The minimum absolute atomic E-state index is 0.0468. The van der Waals surface area contributed by atoms with Crippen LogP contribution in [0.1, 0.15) is 151 Å². The average molecular weight is 1310 g/mol. The van der Waals surface area contributed by atoms with Crippen LogP contribution in [0.3, 0.4) is 0 Å². The zero-order valence-corrected chi connectivity index (χ0v) is 55.2. The summed E-state index contributed by atoms with van der Waals surface area (Å²) >= 11 is 1.49. The Hall–Kier alpha value is -7.95. The molecule has 1 aromatic heterocycles. The molecule has 2 aliphatic rings. The first-order valence-electron chi connectivity index (χ1n) is 32.1. The number of aliphatic imine (C=N–C) groups is 1. The van der Waals surface area contributed by atoms with E-state index in [1.54, 1.807) is 58.0 Å². The number of H-pyrrole nitrogens is 1. The van der Waals surface area contributed by atoms with E-state index in [1.165, 1.54) is 24.3 Å². The Morgan fingerprint density at radius 1 is 0.685 bits per heavy atom. The van der Waals surface area contributed by atoms with Gasteiger partial charge in [-0.25, -0.2) is 4.98 Å². The lowest BCUT2D eigenvalue weighted by Crippen LogP contribution is -2.62. The number of carboxylic acids is 2. The van der Waals surface area contributed by atoms with Crippen LogP contribution in [0.5, 0.6) is 0 Å². The van der Waals surface area contributed by atoms with E-state index in [1.807, 2.05) is 13.8 Å². The third-order valence-electron chi connectivity index (χ3n) is 16.8. The molecule has 1 aromatic carbocycles. The lowest BCUT2D eigenvalue weighted by molar-refractivity contribution is -0.141. The lowest BCUT2D eigenvalue weighted by atomic mass is 9.94. The molecule has 0 bridgehead atoms. The first-order valence-corrected chi connectivity index (χ1v) is 33.0. The van der Waals surface area contributed by atoms with Crippen LogP contribution < -0.4 is 58.9 Å². The van der Waals surface area contributed by atoms with Crippen molar-refractivity contribution in [3.8, 4) is 0 Å².